The maximum Gasteiger partial charge on any atom is 0.339 e. The van der Waals surface area contributed by atoms with E-state index >= 15 is 0 Å². The maximum atomic E-state index is 10.6. The van der Waals surface area contributed by atoms with Gasteiger partial charge < -0.3 is 9.29 Å². The summed E-state index contributed by atoms with van der Waals surface area (Å²) >= 11 is 1.12. The number of aromatic carboxylic acids is 1. The van der Waals surface area contributed by atoms with E-state index in [1.54, 1.807) is 24.5 Å². The van der Waals surface area contributed by atoms with Gasteiger partial charge in [0, 0.05) is 6.26 Å². The molecule has 0 aliphatic carbocycles. The quantitative estimate of drug-likeness (QED) is 0.730. The summed E-state index contributed by atoms with van der Waals surface area (Å²) < 4.78 is 5.03. The van der Waals surface area contributed by atoms with Crippen LogP contribution in [0, 0.1) is 0 Å². The lowest BCUT2D eigenvalue weighted by Gasteiger charge is -2.03. The first kappa shape index (κ1) is 8.93. The van der Waals surface area contributed by atoms with Crippen molar-refractivity contribution in [3.05, 3.63) is 29.8 Å². The van der Waals surface area contributed by atoms with Crippen LogP contribution in [0.5, 0.6) is 5.75 Å². The molecule has 0 heterocycles. The highest BCUT2D eigenvalue weighted by atomic mass is 32.2. The highest BCUT2D eigenvalue weighted by Crippen LogP contribution is 2.20. The first-order valence-electron chi connectivity index (χ1n) is 3.28. The molecule has 64 valence electrons. The molecule has 0 saturated carbocycles. The average Bonchev–Trinajstić information content (AvgIpc) is 2.05. The number of hydrogen-bond acceptors (Lipinski definition) is 3. The number of para-hydroxylation sites is 1. The molecule has 0 aliphatic rings. The zero-order valence-electron chi connectivity index (χ0n) is 6.48. The van der Waals surface area contributed by atoms with E-state index in [0.717, 1.165) is 12.0 Å². The molecule has 0 bridgehead atoms. The number of hydrogen-bond donors (Lipinski definition) is 1. The normalized spacial score (nSPS) is 9.42. The predicted molar refractivity (Wildman–Crippen MR) is 47.5 cm³/mol. The molecule has 0 aromatic heterocycles. The summed E-state index contributed by atoms with van der Waals surface area (Å²) in [4.78, 5) is 10.6. The van der Waals surface area contributed by atoms with E-state index in [9.17, 15) is 4.79 Å². The van der Waals surface area contributed by atoms with E-state index in [0.29, 0.717) is 5.75 Å². The van der Waals surface area contributed by atoms with Crippen LogP contribution < -0.4 is 4.18 Å². The molecule has 0 atom stereocenters. The highest BCUT2D eigenvalue weighted by molar-refractivity contribution is 7.94. The van der Waals surface area contributed by atoms with Crippen LogP contribution in [0.15, 0.2) is 24.3 Å². The van der Waals surface area contributed by atoms with Crippen LogP contribution in [0.2, 0.25) is 0 Å². The molecule has 0 fully saturated rings. The van der Waals surface area contributed by atoms with Gasteiger partial charge in [0.1, 0.15) is 5.56 Å². The summed E-state index contributed by atoms with van der Waals surface area (Å²) in [6, 6.07) is 6.53. The van der Waals surface area contributed by atoms with Gasteiger partial charge in [-0.15, -0.1) is 0 Å². The SMILES string of the molecule is CSOc1ccccc1C(=O)O. The summed E-state index contributed by atoms with van der Waals surface area (Å²) in [6.45, 7) is 0. The average molecular weight is 184 g/mol. The third-order valence-corrected chi connectivity index (χ3v) is 1.64. The summed E-state index contributed by atoms with van der Waals surface area (Å²) in [5, 5.41) is 8.70. The summed E-state index contributed by atoms with van der Waals surface area (Å²) in [7, 11) is 0. The van der Waals surface area contributed by atoms with Crippen LogP contribution in [0.1, 0.15) is 10.4 Å². The number of benzene rings is 1. The monoisotopic (exact) mass is 184 g/mol. The zero-order chi connectivity index (χ0) is 8.97. The van der Waals surface area contributed by atoms with E-state index in [-0.39, 0.29) is 5.56 Å². The van der Waals surface area contributed by atoms with Gasteiger partial charge in [-0.3, -0.25) is 0 Å². The van der Waals surface area contributed by atoms with Crippen LogP contribution in [0.25, 0.3) is 0 Å². The minimum absolute atomic E-state index is 0.187. The van der Waals surface area contributed by atoms with Crippen LogP contribution in [-0.4, -0.2) is 17.3 Å². The Morgan fingerprint density at radius 2 is 2.17 bits per heavy atom. The van der Waals surface area contributed by atoms with Crippen molar-refractivity contribution in [2.45, 2.75) is 0 Å². The molecule has 0 unspecified atom stereocenters. The van der Waals surface area contributed by atoms with E-state index in [2.05, 4.69) is 0 Å². The van der Waals surface area contributed by atoms with Gasteiger partial charge in [-0.1, -0.05) is 12.1 Å². The summed E-state index contributed by atoms with van der Waals surface area (Å²) in [6.07, 6.45) is 1.73. The van der Waals surface area contributed by atoms with E-state index in [1.165, 1.54) is 6.07 Å². The molecule has 0 saturated heterocycles. The molecule has 0 amide bonds. The Bertz CT molecular complexity index is 285. The second-order valence-electron chi connectivity index (χ2n) is 2.05. The van der Waals surface area contributed by atoms with Gasteiger partial charge >= 0.3 is 5.97 Å². The third-order valence-electron chi connectivity index (χ3n) is 1.29. The fourth-order valence-corrected chi connectivity index (χ4v) is 1.13. The molecule has 3 nitrogen and oxygen atoms in total. The Labute approximate surface area is 74.6 Å². The van der Waals surface area contributed by atoms with Crippen molar-refractivity contribution >= 4 is 18.0 Å². The predicted octanol–water partition coefficient (Wildman–Crippen LogP) is 2.04. The maximum absolute atomic E-state index is 10.6. The topological polar surface area (TPSA) is 46.5 Å². The Hall–Kier alpha value is -1.16. The van der Waals surface area contributed by atoms with Crippen molar-refractivity contribution < 1.29 is 14.1 Å². The molecule has 1 rings (SSSR count). The molecule has 0 spiro atoms. The summed E-state index contributed by atoms with van der Waals surface area (Å²) in [5.41, 5.74) is 0.187. The second kappa shape index (κ2) is 4.01. The van der Waals surface area contributed by atoms with Crippen LogP contribution in [0.4, 0.5) is 0 Å². The number of carboxylic acid groups (broad SMARTS) is 1. The van der Waals surface area contributed by atoms with Crippen molar-refractivity contribution in [1.29, 1.82) is 0 Å². The van der Waals surface area contributed by atoms with Crippen molar-refractivity contribution in [2.75, 3.05) is 6.26 Å². The van der Waals surface area contributed by atoms with E-state index in [4.69, 9.17) is 9.29 Å². The van der Waals surface area contributed by atoms with Crippen molar-refractivity contribution in [3.63, 3.8) is 0 Å². The molecule has 0 aliphatic heterocycles. The third kappa shape index (κ3) is 1.92. The first-order chi connectivity index (χ1) is 5.75. The van der Waals surface area contributed by atoms with Crippen LogP contribution in [0.3, 0.4) is 0 Å². The number of carboxylic acids is 1. The van der Waals surface area contributed by atoms with Gasteiger partial charge in [-0.05, 0) is 12.1 Å². The van der Waals surface area contributed by atoms with Crippen molar-refractivity contribution in [2.24, 2.45) is 0 Å². The largest absolute Gasteiger partial charge is 0.478 e. The van der Waals surface area contributed by atoms with Gasteiger partial charge in [0.15, 0.2) is 5.75 Å². The lowest BCUT2D eigenvalue weighted by molar-refractivity contribution is 0.0695. The van der Waals surface area contributed by atoms with Gasteiger partial charge in [0.25, 0.3) is 0 Å². The van der Waals surface area contributed by atoms with E-state index in [1.807, 2.05) is 0 Å². The molecule has 0 radical (unpaired) electrons. The Balaban J connectivity index is 3.00. The fraction of sp³-hybridized carbons (Fsp3) is 0.125. The number of rotatable bonds is 3. The minimum Gasteiger partial charge on any atom is -0.478 e. The smallest absolute Gasteiger partial charge is 0.339 e. The first-order valence-corrected chi connectivity index (χ1v) is 4.43. The lowest BCUT2D eigenvalue weighted by atomic mass is 10.2. The Morgan fingerprint density at radius 1 is 1.50 bits per heavy atom. The standard InChI is InChI=1S/C8H8O3S/c1-12-11-7-5-3-2-4-6(7)8(9)10/h2-5H,1H3,(H,9,10). The molecule has 1 N–H and O–H groups in total. The Kier molecular flexibility index (Phi) is 2.99. The minimum atomic E-state index is -0.973. The van der Waals surface area contributed by atoms with Gasteiger partial charge in [-0.25, -0.2) is 4.79 Å². The molecule has 1 aromatic rings. The molecule has 1 aromatic carbocycles. The second-order valence-corrected chi connectivity index (χ2v) is 2.55. The fourth-order valence-electron chi connectivity index (χ4n) is 0.806. The molecular weight excluding hydrogens is 176 g/mol. The number of carbonyl (C=O) groups is 1. The van der Waals surface area contributed by atoms with Crippen molar-refractivity contribution in [1.82, 2.24) is 0 Å². The zero-order valence-corrected chi connectivity index (χ0v) is 7.30. The van der Waals surface area contributed by atoms with Gasteiger partial charge in [0.2, 0.25) is 0 Å². The molecule has 4 heteroatoms. The van der Waals surface area contributed by atoms with E-state index < -0.39 is 5.97 Å². The van der Waals surface area contributed by atoms with Crippen LogP contribution >= 0.6 is 12.0 Å². The lowest BCUT2D eigenvalue weighted by Crippen LogP contribution is -1.98. The van der Waals surface area contributed by atoms with Crippen LogP contribution in [-0.2, 0) is 0 Å². The highest BCUT2D eigenvalue weighted by Gasteiger charge is 2.09. The van der Waals surface area contributed by atoms with Gasteiger partial charge in [0.05, 0.1) is 12.0 Å². The summed E-state index contributed by atoms with van der Waals surface area (Å²) in [5.74, 6) is -0.586. The molecular formula is C8H8O3S. The van der Waals surface area contributed by atoms with Gasteiger partial charge in [-0.2, -0.15) is 0 Å². The van der Waals surface area contributed by atoms with Crippen molar-refractivity contribution in [3.8, 4) is 5.75 Å². The Morgan fingerprint density at radius 3 is 2.75 bits per heavy atom. The molecule has 12 heavy (non-hydrogen) atoms.